The smallest absolute Gasteiger partial charge is 0.193 e. The molecule has 3 heteroatoms. The van der Waals surface area contributed by atoms with Crippen LogP contribution >= 0.6 is 0 Å². The van der Waals surface area contributed by atoms with Crippen molar-refractivity contribution in [2.45, 2.75) is 19.8 Å². The number of carbonyl (C=O) groups is 3. The number of Topliss-reactive ketones (excluding diaryl/α,β-unsaturated/α-hetero) is 2. The summed E-state index contributed by atoms with van der Waals surface area (Å²) < 4.78 is 0. The summed E-state index contributed by atoms with van der Waals surface area (Å²) in [6.45, 7) is 2.77. The molecule has 0 bridgehead atoms. The lowest BCUT2D eigenvalue weighted by molar-refractivity contribution is -0.126. The molecule has 0 unspecified atom stereocenters. The minimum Gasteiger partial charge on any atom is -0.299 e. The fourth-order valence-electron chi connectivity index (χ4n) is 2.37. The molecule has 0 aliphatic heterocycles. The Morgan fingerprint density at radius 1 is 0.762 bits per heavy atom. The second-order valence-corrected chi connectivity index (χ2v) is 4.97. The number of ketones is 3. The van der Waals surface area contributed by atoms with Crippen LogP contribution in [0.2, 0.25) is 0 Å². The fraction of sp³-hybridized carbons (Fsp3) is 0.167. The largest absolute Gasteiger partial charge is 0.299 e. The Morgan fingerprint density at radius 3 is 1.90 bits per heavy atom. The van der Waals surface area contributed by atoms with Crippen molar-refractivity contribution in [2.24, 2.45) is 0 Å². The monoisotopic (exact) mass is 280 g/mol. The second kappa shape index (κ2) is 6.27. The summed E-state index contributed by atoms with van der Waals surface area (Å²) in [5.74, 6) is -1.35. The molecule has 0 fully saturated rings. The summed E-state index contributed by atoms with van der Waals surface area (Å²) in [6, 6.07) is 15.6. The van der Waals surface area contributed by atoms with E-state index in [2.05, 4.69) is 0 Å². The molecule has 3 nitrogen and oxygen atoms in total. The van der Waals surface area contributed by atoms with Crippen molar-refractivity contribution in [3.63, 3.8) is 0 Å². The molecule has 0 atom stereocenters. The number of benzene rings is 2. The number of hydrogen-bond donors (Lipinski definition) is 0. The van der Waals surface area contributed by atoms with Crippen LogP contribution in [-0.4, -0.2) is 17.3 Å². The van der Waals surface area contributed by atoms with Gasteiger partial charge in [0.15, 0.2) is 5.78 Å². The fourth-order valence-corrected chi connectivity index (χ4v) is 2.37. The molecule has 0 saturated heterocycles. The minimum absolute atomic E-state index is 0.122. The predicted octanol–water partition coefficient (Wildman–Crippen LogP) is 3.18. The summed E-state index contributed by atoms with van der Waals surface area (Å²) in [7, 11) is 0. The van der Waals surface area contributed by atoms with Crippen LogP contribution in [0, 0.1) is 0 Å². The highest BCUT2D eigenvalue weighted by Crippen LogP contribution is 2.21. The van der Waals surface area contributed by atoms with Gasteiger partial charge in [-0.1, -0.05) is 48.5 Å². The minimum atomic E-state index is -0.798. The van der Waals surface area contributed by atoms with E-state index in [1.807, 2.05) is 6.07 Å². The maximum absolute atomic E-state index is 12.4. The van der Waals surface area contributed by atoms with Crippen molar-refractivity contribution in [3.05, 3.63) is 71.3 Å². The van der Waals surface area contributed by atoms with Gasteiger partial charge < -0.3 is 0 Å². The summed E-state index contributed by atoms with van der Waals surface area (Å²) in [4.78, 5) is 35.7. The molecule has 21 heavy (non-hydrogen) atoms. The van der Waals surface area contributed by atoms with E-state index in [0.29, 0.717) is 16.7 Å². The molecule has 0 aromatic heterocycles. The molecule has 2 aromatic rings. The maximum atomic E-state index is 12.4. The van der Waals surface area contributed by atoms with Gasteiger partial charge in [-0.2, -0.15) is 0 Å². The van der Waals surface area contributed by atoms with Crippen LogP contribution in [0.1, 0.15) is 41.3 Å². The molecule has 0 saturated carbocycles. The molecule has 0 radical (unpaired) electrons. The van der Waals surface area contributed by atoms with Crippen LogP contribution < -0.4 is 0 Å². The highest BCUT2D eigenvalue weighted by Gasteiger charge is 2.22. The van der Waals surface area contributed by atoms with E-state index in [0.717, 1.165) is 0 Å². The number of rotatable bonds is 5. The van der Waals surface area contributed by atoms with Gasteiger partial charge in [0.1, 0.15) is 17.5 Å². The van der Waals surface area contributed by atoms with E-state index in [1.165, 1.54) is 13.8 Å². The Kier molecular flexibility index (Phi) is 4.43. The van der Waals surface area contributed by atoms with Crippen molar-refractivity contribution < 1.29 is 14.4 Å². The first-order valence-electron chi connectivity index (χ1n) is 6.71. The highest BCUT2D eigenvalue weighted by atomic mass is 16.1. The van der Waals surface area contributed by atoms with Crippen LogP contribution in [0.15, 0.2) is 54.6 Å². The van der Waals surface area contributed by atoms with Crippen LogP contribution in [0.3, 0.4) is 0 Å². The third-order valence-corrected chi connectivity index (χ3v) is 3.33. The third-order valence-electron chi connectivity index (χ3n) is 3.33. The molecule has 0 aliphatic rings. The van der Waals surface area contributed by atoms with Gasteiger partial charge in [0.05, 0.1) is 0 Å². The number of carbonyl (C=O) groups excluding carboxylic acids is 3. The molecule has 0 heterocycles. The van der Waals surface area contributed by atoms with Crippen LogP contribution in [0.25, 0.3) is 0 Å². The Balaban J connectivity index is 2.40. The van der Waals surface area contributed by atoms with Crippen molar-refractivity contribution >= 4 is 17.3 Å². The molecule has 0 aliphatic carbocycles. The molecule has 2 rings (SSSR count). The van der Waals surface area contributed by atoms with Crippen molar-refractivity contribution in [1.29, 1.82) is 0 Å². The van der Waals surface area contributed by atoms with Gasteiger partial charge in [0, 0.05) is 11.1 Å². The summed E-state index contributed by atoms with van der Waals surface area (Å²) in [6.07, 6.45) is 0. The van der Waals surface area contributed by atoms with E-state index in [9.17, 15) is 14.4 Å². The molecular weight excluding hydrogens is 264 g/mol. The lowest BCUT2D eigenvalue weighted by atomic mass is 9.89. The van der Waals surface area contributed by atoms with Gasteiger partial charge in [-0.25, -0.2) is 0 Å². The van der Waals surface area contributed by atoms with Crippen LogP contribution in [-0.2, 0) is 9.59 Å². The molecule has 2 aromatic carbocycles. The topological polar surface area (TPSA) is 51.2 Å². The first-order chi connectivity index (χ1) is 10.0. The average molecular weight is 280 g/mol. The highest BCUT2D eigenvalue weighted by molar-refractivity contribution is 6.10. The molecule has 0 amide bonds. The standard InChI is InChI=1S/C18H16O3/c1-12(19)17(13(2)20)15-9-6-10-16(11-15)18(21)14-7-4-3-5-8-14/h3-11,17H,1-2H3. The summed E-state index contributed by atoms with van der Waals surface area (Å²) >= 11 is 0. The van der Waals surface area contributed by atoms with E-state index >= 15 is 0 Å². The lowest BCUT2D eigenvalue weighted by Gasteiger charge is -2.12. The second-order valence-electron chi connectivity index (χ2n) is 4.97. The van der Waals surface area contributed by atoms with Crippen LogP contribution in [0.5, 0.6) is 0 Å². The zero-order valence-corrected chi connectivity index (χ0v) is 12.0. The van der Waals surface area contributed by atoms with Crippen molar-refractivity contribution in [1.82, 2.24) is 0 Å². The van der Waals surface area contributed by atoms with Gasteiger partial charge in [0.25, 0.3) is 0 Å². The Morgan fingerprint density at radius 2 is 1.33 bits per heavy atom. The lowest BCUT2D eigenvalue weighted by Crippen LogP contribution is -2.17. The third kappa shape index (κ3) is 3.31. The van der Waals surface area contributed by atoms with Gasteiger partial charge in [-0.3, -0.25) is 14.4 Å². The molecule has 106 valence electrons. The zero-order valence-electron chi connectivity index (χ0n) is 12.0. The van der Waals surface area contributed by atoms with Gasteiger partial charge in [-0.05, 0) is 25.5 Å². The molecular formula is C18H16O3. The zero-order chi connectivity index (χ0) is 15.4. The molecule has 0 spiro atoms. The Labute approximate surface area is 123 Å². The van der Waals surface area contributed by atoms with E-state index in [1.54, 1.807) is 48.5 Å². The predicted molar refractivity (Wildman–Crippen MR) is 80.4 cm³/mol. The van der Waals surface area contributed by atoms with Gasteiger partial charge >= 0.3 is 0 Å². The summed E-state index contributed by atoms with van der Waals surface area (Å²) in [5, 5.41) is 0. The SMILES string of the molecule is CC(=O)C(C(C)=O)c1cccc(C(=O)c2ccccc2)c1. The average Bonchev–Trinajstić information content (AvgIpc) is 2.47. The van der Waals surface area contributed by atoms with E-state index < -0.39 is 5.92 Å². The van der Waals surface area contributed by atoms with Gasteiger partial charge in [-0.15, -0.1) is 0 Å². The Bertz CT molecular complexity index is 673. The van der Waals surface area contributed by atoms with Crippen molar-refractivity contribution in [3.8, 4) is 0 Å². The van der Waals surface area contributed by atoms with E-state index in [-0.39, 0.29) is 17.3 Å². The van der Waals surface area contributed by atoms with Gasteiger partial charge in [0.2, 0.25) is 0 Å². The van der Waals surface area contributed by atoms with Crippen LogP contribution in [0.4, 0.5) is 0 Å². The maximum Gasteiger partial charge on any atom is 0.193 e. The summed E-state index contributed by atoms with van der Waals surface area (Å²) in [5.41, 5.74) is 1.62. The molecule has 0 N–H and O–H groups in total. The normalized spacial score (nSPS) is 10.4. The first kappa shape index (κ1) is 14.9. The quantitative estimate of drug-likeness (QED) is 0.624. The Hall–Kier alpha value is -2.55. The van der Waals surface area contributed by atoms with E-state index in [4.69, 9.17) is 0 Å². The van der Waals surface area contributed by atoms with Crippen molar-refractivity contribution in [2.75, 3.05) is 0 Å². The first-order valence-corrected chi connectivity index (χ1v) is 6.71. The number of hydrogen-bond acceptors (Lipinski definition) is 3.